The summed E-state index contributed by atoms with van der Waals surface area (Å²) in [6, 6.07) is 13.2. The number of aromatic nitrogens is 1. The summed E-state index contributed by atoms with van der Waals surface area (Å²) < 4.78 is 56.2. The maximum absolute atomic E-state index is 14.6. The lowest BCUT2D eigenvalue weighted by atomic mass is 10.0. The van der Waals surface area contributed by atoms with E-state index in [1.165, 1.54) is 30.5 Å². The van der Waals surface area contributed by atoms with E-state index in [4.69, 9.17) is 0 Å². The van der Waals surface area contributed by atoms with Gasteiger partial charge >= 0.3 is 0 Å². The second-order valence-corrected chi connectivity index (χ2v) is 7.42. The molecule has 0 saturated heterocycles. The lowest BCUT2D eigenvalue weighted by Crippen LogP contribution is -1.97. The van der Waals surface area contributed by atoms with Crippen molar-refractivity contribution in [3.05, 3.63) is 125 Å². The molecule has 5 heteroatoms. The molecule has 166 valence electrons. The maximum atomic E-state index is 14.6. The summed E-state index contributed by atoms with van der Waals surface area (Å²) in [4.78, 5) is 4.21. The van der Waals surface area contributed by atoms with Crippen LogP contribution in [0.5, 0.6) is 0 Å². The smallest absolute Gasteiger partial charge is 0.166 e. The number of fused-ring (bicyclic) bond motifs is 1. The minimum Gasteiger partial charge on any atom is -0.246 e. The van der Waals surface area contributed by atoms with Crippen molar-refractivity contribution in [1.82, 2.24) is 4.98 Å². The third-order valence-corrected chi connectivity index (χ3v) is 5.16. The zero-order valence-electron chi connectivity index (χ0n) is 17.9. The van der Waals surface area contributed by atoms with Crippen LogP contribution in [0.15, 0.2) is 73.4 Å². The molecule has 0 unspecified atom stereocenters. The van der Waals surface area contributed by atoms with Gasteiger partial charge in [-0.3, -0.25) is 0 Å². The fourth-order valence-corrected chi connectivity index (χ4v) is 3.37. The number of rotatable bonds is 3. The van der Waals surface area contributed by atoms with Gasteiger partial charge in [-0.05, 0) is 54.7 Å². The molecule has 0 aliphatic rings. The molecule has 1 heterocycles. The molecule has 4 rings (SSSR count). The molecule has 0 fully saturated rings. The van der Waals surface area contributed by atoms with Crippen molar-refractivity contribution in [3.8, 4) is 23.7 Å². The Kier molecular flexibility index (Phi) is 6.76. The minimum absolute atomic E-state index is 0.151. The van der Waals surface area contributed by atoms with Gasteiger partial charge < -0.3 is 0 Å². The highest BCUT2D eigenvalue weighted by Gasteiger charge is 2.11. The van der Waals surface area contributed by atoms with E-state index in [0.29, 0.717) is 40.6 Å². The summed E-state index contributed by atoms with van der Waals surface area (Å²) in [5, 5.41) is 0.647. The normalized spacial score (nSPS) is 10.2. The van der Waals surface area contributed by atoms with Gasteiger partial charge in [0.05, 0.1) is 5.56 Å². The molecule has 4 aromatic rings. The topological polar surface area (TPSA) is 12.9 Å². The Bertz CT molecular complexity index is 1510. The number of nitrogens with zero attached hydrogens (tertiary/aromatic N) is 1. The molecule has 0 bridgehead atoms. The summed E-state index contributed by atoms with van der Waals surface area (Å²) in [5.74, 6) is 7.85. The van der Waals surface area contributed by atoms with Gasteiger partial charge in [0, 0.05) is 28.1 Å². The summed E-state index contributed by atoms with van der Waals surface area (Å²) in [6.45, 7) is 3.61. The monoisotopic (exact) mass is 455 g/mol. The van der Waals surface area contributed by atoms with Gasteiger partial charge in [0.25, 0.3) is 0 Å². The Balaban J connectivity index is 1.58. The second-order valence-electron chi connectivity index (χ2n) is 7.42. The molecular formula is C29H17F4N. The first-order valence-electron chi connectivity index (χ1n) is 10.4. The number of benzene rings is 3. The second kappa shape index (κ2) is 10.1. The van der Waals surface area contributed by atoms with Crippen molar-refractivity contribution in [2.24, 2.45) is 0 Å². The van der Waals surface area contributed by atoms with Gasteiger partial charge in [0.2, 0.25) is 0 Å². The zero-order valence-corrected chi connectivity index (χ0v) is 17.9. The minimum atomic E-state index is -0.917. The standard InChI is InChI=1S/C29H17F4N/c1-2-3-5-21-11-16-26(30)25(28(21)32)14-9-19-8-12-22(34-18-19)13-10-20-6-4-7-24-23(20)15-17-27(31)29(24)33/h2,4,6-8,11-12,15-18H,1,3,5H2. The van der Waals surface area contributed by atoms with Crippen LogP contribution in [0.3, 0.4) is 0 Å². The van der Waals surface area contributed by atoms with Gasteiger partial charge in [0.15, 0.2) is 11.6 Å². The van der Waals surface area contributed by atoms with Gasteiger partial charge in [-0.15, -0.1) is 6.58 Å². The van der Waals surface area contributed by atoms with Gasteiger partial charge in [-0.2, -0.15) is 0 Å². The number of hydrogen-bond acceptors (Lipinski definition) is 1. The number of pyridine rings is 1. The summed E-state index contributed by atoms with van der Waals surface area (Å²) in [5.41, 5.74) is 1.51. The van der Waals surface area contributed by atoms with E-state index in [-0.39, 0.29) is 10.9 Å². The molecule has 0 aliphatic heterocycles. The number of aryl methyl sites for hydroxylation is 1. The SMILES string of the molecule is C=CCCc1ccc(F)c(C#Cc2ccc(C#Cc3cccc4c(F)c(F)ccc34)nc2)c1F. The fourth-order valence-electron chi connectivity index (χ4n) is 3.37. The van der Waals surface area contributed by atoms with E-state index in [2.05, 4.69) is 35.2 Å². The molecule has 3 aromatic carbocycles. The molecular weight excluding hydrogens is 438 g/mol. The first-order chi connectivity index (χ1) is 16.5. The third-order valence-electron chi connectivity index (χ3n) is 5.16. The largest absolute Gasteiger partial charge is 0.246 e. The number of allylic oxidation sites excluding steroid dienone is 1. The van der Waals surface area contributed by atoms with Crippen molar-refractivity contribution in [1.29, 1.82) is 0 Å². The van der Waals surface area contributed by atoms with E-state index >= 15 is 0 Å². The van der Waals surface area contributed by atoms with Gasteiger partial charge in [0.1, 0.15) is 17.3 Å². The summed E-state index contributed by atoms with van der Waals surface area (Å²) in [6.07, 6.45) is 4.11. The van der Waals surface area contributed by atoms with Crippen LogP contribution in [0.4, 0.5) is 17.6 Å². The summed E-state index contributed by atoms with van der Waals surface area (Å²) >= 11 is 0. The molecule has 34 heavy (non-hydrogen) atoms. The Labute approximate surface area is 194 Å². The van der Waals surface area contributed by atoms with Crippen LogP contribution in [0.1, 0.15) is 34.4 Å². The van der Waals surface area contributed by atoms with Crippen LogP contribution in [-0.4, -0.2) is 4.98 Å². The zero-order chi connectivity index (χ0) is 24.1. The molecule has 0 atom stereocenters. The van der Waals surface area contributed by atoms with Gasteiger partial charge in [-0.1, -0.05) is 48.1 Å². The van der Waals surface area contributed by atoms with Crippen LogP contribution >= 0.6 is 0 Å². The quantitative estimate of drug-likeness (QED) is 0.190. The van der Waals surface area contributed by atoms with Crippen LogP contribution < -0.4 is 0 Å². The molecule has 0 radical (unpaired) electrons. The predicted molar refractivity (Wildman–Crippen MR) is 125 cm³/mol. The fraction of sp³-hybridized carbons (Fsp3) is 0.0690. The van der Waals surface area contributed by atoms with E-state index in [1.54, 1.807) is 30.3 Å². The highest BCUT2D eigenvalue weighted by molar-refractivity contribution is 5.88. The van der Waals surface area contributed by atoms with Crippen molar-refractivity contribution < 1.29 is 17.6 Å². The van der Waals surface area contributed by atoms with Gasteiger partial charge in [-0.25, -0.2) is 22.5 Å². The van der Waals surface area contributed by atoms with Crippen molar-refractivity contribution in [2.45, 2.75) is 12.8 Å². The first kappa shape index (κ1) is 22.8. The highest BCUT2D eigenvalue weighted by atomic mass is 19.2. The molecule has 0 N–H and O–H groups in total. The lowest BCUT2D eigenvalue weighted by molar-refractivity contribution is 0.517. The Morgan fingerprint density at radius 3 is 2.35 bits per heavy atom. The van der Waals surface area contributed by atoms with E-state index in [9.17, 15) is 17.6 Å². The van der Waals surface area contributed by atoms with Crippen LogP contribution in [0, 0.1) is 47.0 Å². The molecule has 1 aromatic heterocycles. The van der Waals surface area contributed by atoms with Crippen LogP contribution in [0.2, 0.25) is 0 Å². The average Bonchev–Trinajstić information content (AvgIpc) is 2.85. The van der Waals surface area contributed by atoms with E-state index in [0.717, 1.165) is 6.07 Å². The maximum Gasteiger partial charge on any atom is 0.166 e. The molecule has 0 saturated carbocycles. The molecule has 0 aliphatic carbocycles. The predicted octanol–water partition coefficient (Wildman–Crippen LogP) is 6.71. The number of halogens is 4. The molecule has 1 nitrogen and oxygen atoms in total. The molecule has 0 spiro atoms. The lowest BCUT2D eigenvalue weighted by Gasteiger charge is -2.04. The third kappa shape index (κ3) is 4.85. The van der Waals surface area contributed by atoms with Crippen molar-refractivity contribution in [3.63, 3.8) is 0 Å². The molecule has 0 amide bonds. The van der Waals surface area contributed by atoms with Crippen LogP contribution in [-0.2, 0) is 6.42 Å². The Morgan fingerprint density at radius 1 is 0.765 bits per heavy atom. The first-order valence-corrected chi connectivity index (χ1v) is 10.4. The van der Waals surface area contributed by atoms with Crippen LogP contribution in [0.25, 0.3) is 10.8 Å². The van der Waals surface area contributed by atoms with Crippen molar-refractivity contribution in [2.75, 3.05) is 0 Å². The Hall–Kier alpha value is -4.35. The van der Waals surface area contributed by atoms with Crippen molar-refractivity contribution >= 4 is 10.8 Å². The van der Waals surface area contributed by atoms with E-state index in [1.807, 2.05) is 0 Å². The van der Waals surface area contributed by atoms with E-state index < -0.39 is 23.3 Å². The average molecular weight is 455 g/mol. The number of hydrogen-bond donors (Lipinski definition) is 0. The Morgan fingerprint density at radius 2 is 1.59 bits per heavy atom. The highest BCUT2D eigenvalue weighted by Crippen LogP contribution is 2.23. The summed E-state index contributed by atoms with van der Waals surface area (Å²) in [7, 11) is 0.